The van der Waals surface area contributed by atoms with E-state index in [1.54, 1.807) is 12.1 Å². The molecule has 0 aromatic heterocycles. The number of ether oxygens (including phenoxy) is 1. The fourth-order valence-corrected chi connectivity index (χ4v) is 4.39. The van der Waals surface area contributed by atoms with Crippen molar-refractivity contribution >= 4 is 33.6 Å². The minimum atomic E-state index is -0.396. The Morgan fingerprint density at radius 3 is 2.78 bits per heavy atom. The van der Waals surface area contributed by atoms with Crippen LogP contribution in [-0.4, -0.2) is 18.1 Å². The van der Waals surface area contributed by atoms with Gasteiger partial charge in [0.1, 0.15) is 0 Å². The number of phenolic OH excluding ortho intramolecular Hbond substituents is 1. The molecule has 138 valence electrons. The first-order chi connectivity index (χ1) is 13.0. The summed E-state index contributed by atoms with van der Waals surface area (Å²) < 4.78 is 5.66. The molecule has 0 radical (unpaired) electrons. The number of halogens is 1. The van der Waals surface area contributed by atoms with Crippen molar-refractivity contribution in [2.24, 2.45) is 0 Å². The molecule has 0 fully saturated rings. The number of hydrogen-bond acceptors (Lipinski definition) is 5. The van der Waals surface area contributed by atoms with Crippen LogP contribution < -0.4 is 10.1 Å². The van der Waals surface area contributed by atoms with E-state index in [-0.39, 0.29) is 18.1 Å². The lowest BCUT2D eigenvalue weighted by Crippen LogP contribution is -2.30. The average Bonchev–Trinajstić information content (AvgIpc) is 2.68. The highest BCUT2D eigenvalue weighted by atomic mass is 79.9. The van der Waals surface area contributed by atoms with Gasteiger partial charge in [0.2, 0.25) is 5.91 Å². The quantitative estimate of drug-likeness (QED) is 0.712. The van der Waals surface area contributed by atoms with Crippen molar-refractivity contribution in [3.05, 3.63) is 68.7 Å². The standard InChI is InChI=1S/C20H17BrN2O3S/c1-26-17-8-13(7-16(21)19(17)25)14-9-18(24)23-20(15(14)10-22)27-11-12-5-3-2-4-6-12/h2-8,14,25H,9,11H2,1H3,(H,23,24)/t14-/m1/s1. The Kier molecular flexibility index (Phi) is 6.09. The highest BCUT2D eigenvalue weighted by Crippen LogP contribution is 2.42. The van der Waals surface area contributed by atoms with Crippen molar-refractivity contribution < 1.29 is 14.6 Å². The molecule has 0 spiro atoms. The minimum absolute atomic E-state index is 0.0114. The summed E-state index contributed by atoms with van der Waals surface area (Å²) in [6.07, 6.45) is 0.165. The number of nitriles is 1. The molecule has 1 amide bonds. The molecule has 0 aliphatic carbocycles. The molecule has 1 heterocycles. The highest BCUT2D eigenvalue weighted by Gasteiger charge is 2.30. The molecule has 0 unspecified atom stereocenters. The van der Waals surface area contributed by atoms with Gasteiger partial charge in [0.15, 0.2) is 11.5 Å². The van der Waals surface area contributed by atoms with Gasteiger partial charge in [0.05, 0.1) is 28.3 Å². The van der Waals surface area contributed by atoms with Gasteiger partial charge in [0, 0.05) is 18.1 Å². The Labute approximate surface area is 170 Å². The van der Waals surface area contributed by atoms with E-state index < -0.39 is 5.92 Å². The fraction of sp³-hybridized carbons (Fsp3) is 0.200. The lowest BCUT2D eigenvalue weighted by atomic mass is 9.87. The van der Waals surface area contributed by atoms with Gasteiger partial charge < -0.3 is 15.2 Å². The summed E-state index contributed by atoms with van der Waals surface area (Å²) in [5.41, 5.74) is 2.36. The van der Waals surface area contributed by atoms with Gasteiger partial charge in [-0.1, -0.05) is 30.3 Å². The predicted octanol–water partition coefficient (Wildman–Crippen LogP) is 4.44. The minimum Gasteiger partial charge on any atom is -0.503 e. The van der Waals surface area contributed by atoms with Gasteiger partial charge in [-0.05, 0) is 39.2 Å². The zero-order valence-corrected chi connectivity index (χ0v) is 16.9. The number of phenols is 1. The third kappa shape index (κ3) is 4.29. The van der Waals surface area contributed by atoms with Crippen molar-refractivity contribution in [2.45, 2.75) is 18.1 Å². The molecular formula is C20H17BrN2O3S. The van der Waals surface area contributed by atoms with E-state index in [2.05, 4.69) is 27.3 Å². The molecule has 0 saturated heterocycles. The Morgan fingerprint density at radius 2 is 2.11 bits per heavy atom. The van der Waals surface area contributed by atoms with Crippen molar-refractivity contribution in [2.75, 3.05) is 7.11 Å². The highest BCUT2D eigenvalue weighted by molar-refractivity contribution is 9.10. The first-order valence-electron chi connectivity index (χ1n) is 8.20. The van der Waals surface area contributed by atoms with E-state index in [4.69, 9.17) is 4.74 Å². The fourth-order valence-electron chi connectivity index (χ4n) is 2.90. The zero-order chi connectivity index (χ0) is 19.4. The third-order valence-corrected chi connectivity index (χ3v) is 5.95. The van der Waals surface area contributed by atoms with Crippen molar-refractivity contribution in [1.29, 1.82) is 5.26 Å². The Bertz CT molecular complexity index is 938. The number of aromatic hydroxyl groups is 1. The SMILES string of the molecule is COc1cc([C@H]2CC(=O)NC(SCc3ccccc3)=C2C#N)cc(Br)c1O. The van der Waals surface area contributed by atoms with E-state index in [1.807, 2.05) is 30.3 Å². The number of nitrogens with one attached hydrogen (secondary N) is 1. The molecular weight excluding hydrogens is 428 g/mol. The maximum Gasteiger partial charge on any atom is 0.225 e. The molecule has 2 aromatic carbocycles. The summed E-state index contributed by atoms with van der Waals surface area (Å²) in [6, 6.07) is 15.5. The summed E-state index contributed by atoms with van der Waals surface area (Å²) in [5, 5.41) is 23.2. The number of methoxy groups -OCH3 is 1. The number of nitrogens with zero attached hydrogens (tertiary/aromatic N) is 1. The normalized spacial score (nSPS) is 16.6. The third-order valence-electron chi connectivity index (χ3n) is 4.26. The largest absolute Gasteiger partial charge is 0.503 e. The monoisotopic (exact) mass is 444 g/mol. The average molecular weight is 445 g/mol. The molecule has 2 aromatic rings. The molecule has 1 atom stereocenters. The lowest BCUT2D eigenvalue weighted by Gasteiger charge is -2.25. The molecule has 1 aliphatic heterocycles. The van der Waals surface area contributed by atoms with Crippen LogP contribution >= 0.6 is 27.7 Å². The van der Waals surface area contributed by atoms with E-state index in [9.17, 15) is 15.2 Å². The van der Waals surface area contributed by atoms with E-state index in [0.717, 1.165) is 11.1 Å². The molecule has 7 heteroatoms. The van der Waals surface area contributed by atoms with E-state index in [1.165, 1.54) is 18.9 Å². The second kappa shape index (κ2) is 8.51. The van der Waals surface area contributed by atoms with E-state index in [0.29, 0.717) is 26.6 Å². The summed E-state index contributed by atoms with van der Waals surface area (Å²) in [7, 11) is 1.46. The first-order valence-corrected chi connectivity index (χ1v) is 9.98. The number of carbonyl (C=O) groups excluding carboxylic acids is 1. The van der Waals surface area contributed by atoms with Crippen LogP contribution in [0, 0.1) is 11.3 Å². The maximum absolute atomic E-state index is 12.3. The van der Waals surface area contributed by atoms with Gasteiger partial charge in [0.25, 0.3) is 0 Å². The molecule has 27 heavy (non-hydrogen) atoms. The Morgan fingerprint density at radius 1 is 1.37 bits per heavy atom. The Balaban J connectivity index is 1.96. The number of rotatable bonds is 5. The number of amides is 1. The summed E-state index contributed by atoms with van der Waals surface area (Å²) >= 11 is 4.74. The van der Waals surface area contributed by atoms with Gasteiger partial charge >= 0.3 is 0 Å². The van der Waals surface area contributed by atoms with Gasteiger partial charge in [-0.3, -0.25) is 4.79 Å². The molecule has 1 aliphatic rings. The molecule has 0 bridgehead atoms. The van der Waals surface area contributed by atoms with E-state index >= 15 is 0 Å². The maximum atomic E-state index is 12.3. The van der Waals surface area contributed by atoms with Crippen LogP contribution in [0.4, 0.5) is 0 Å². The van der Waals surface area contributed by atoms with Gasteiger partial charge in [-0.15, -0.1) is 11.8 Å². The zero-order valence-electron chi connectivity index (χ0n) is 14.5. The van der Waals surface area contributed by atoms with Crippen LogP contribution in [0.15, 0.2) is 57.5 Å². The number of benzene rings is 2. The number of allylic oxidation sites excluding steroid dienone is 1. The second-order valence-corrected chi connectivity index (χ2v) is 7.83. The topological polar surface area (TPSA) is 82.3 Å². The van der Waals surface area contributed by atoms with Crippen LogP contribution in [0.5, 0.6) is 11.5 Å². The predicted molar refractivity (Wildman–Crippen MR) is 108 cm³/mol. The van der Waals surface area contributed by atoms with Crippen LogP contribution in [0.3, 0.4) is 0 Å². The number of hydrogen-bond donors (Lipinski definition) is 2. The van der Waals surface area contributed by atoms with Crippen LogP contribution in [-0.2, 0) is 10.5 Å². The number of thioether (sulfide) groups is 1. The molecule has 0 saturated carbocycles. The van der Waals surface area contributed by atoms with Crippen molar-refractivity contribution in [3.8, 4) is 17.6 Å². The van der Waals surface area contributed by atoms with Crippen molar-refractivity contribution in [3.63, 3.8) is 0 Å². The second-order valence-electron chi connectivity index (χ2n) is 5.99. The number of carbonyl (C=O) groups is 1. The summed E-state index contributed by atoms with van der Waals surface area (Å²) in [5.74, 6) is 0.395. The van der Waals surface area contributed by atoms with Gasteiger partial charge in [-0.2, -0.15) is 5.26 Å². The Hall–Kier alpha value is -2.43. The van der Waals surface area contributed by atoms with Gasteiger partial charge in [-0.25, -0.2) is 0 Å². The molecule has 2 N–H and O–H groups in total. The smallest absolute Gasteiger partial charge is 0.225 e. The van der Waals surface area contributed by atoms with Crippen LogP contribution in [0.25, 0.3) is 0 Å². The summed E-state index contributed by atoms with van der Waals surface area (Å²) in [4.78, 5) is 12.3. The first kappa shape index (κ1) is 19.3. The van der Waals surface area contributed by atoms with Crippen molar-refractivity contribution in [1.82, 2.24) is 5.32 Å². The molecule has 3 rings (SSSR count). The molecule has 5 nitrogen and oxygen atoms in total. The summed E-state index contributed by atoms with van der Waals surface area (Å²) in [6.45, 7) is 0. The lowest BCUT2D eigenvalue weighted by molar-refractivity contribution is -0.120. The van der Waals surface area contributed by atoms with Crippen LogP contribution in [0.1, 0.15) is 23.5 Å². The van der Waals surface area contributed by atoms with Crippen LogP contribution in [0.2, 0.25) is 0 Å².